The monoisotopic (exact) mass is 372 g/mol. The standard InChI is InChI=1S/C19H21BrN2O/c20-19(15-23)17-6-8-18(9-7-17)22-12-10-21(11-13-22)14-16-4-2-1-3-5-16/h1-9,15,19H,10-14H2. The third kappa shape index (κ3) is 4.21. The van der Waals surface area contributed by atoms with Gasteiger partial charge in [-0.2, -0.15) is 0 Å². The molecule has 1 atom stereocenters. The van der Waals surface area contributed by atoms with E-state index in [1.165, 1.54) is 11.3 Å². The molecule has 0 amide bonds. The number of nitrogens with zero attached hydrogens (tertiary/aromatic N) is 2. The van der Waals surface area contributed by atoms with Crippen LogP contribution in [0, 0.1) is 0 Å². The summed E-state index contributed by atoms with van der Waals surface area (Å²) >= 11 is 3.36. The molecule has 1 unspecified atom stereocenters. The van der Waals surface area contributed by atoms with Crippen molar-refractivity contribution >= 4 is 27.9 Å². The van der Waals surface area contributed by atoms with E-state index in [0.717, 1.165) is 44.6 Å². The Kier molecular flexibility index (Phi) is 5.47. The van der Waals surface area contributed by atoms with Crippen LogP contribution < -0.4 is 4.90 Å². The number of carbonyl (C=O) groups excluding carboxylic acids is 1. The van der Waals surface area contributed by atoms with Gasteiger partial charge in [0, 0.05) is 38.4 Å². The zero-order valence-corrected chi connectivity index (χ0v) is 14.7. The Morgan fingerprint density at radius 2 is 1.61 bits per heavy atom. The van der Waals surface area contributed by atoms with Gasteiger partial charge in [-0.05, 0) is 23.3 Å². The summed E-state index contributed by atoms with van der Waals surface area (Å²) in [7, 11) is 0. The quantitative estimate of drug-likeness (QED) is 0.591. The van der Waals surface area contributed by atoms with Gasteiger partial charge in [0.1, 0.15) is 6.29 Å². The van der Waals surface area contributed by atoms with E-state index in [0.29, 0.717) is 0 Å². The van der Waals surface area contributed by atoms with Crippen LogP contribution in [0.15, 0.2) is 54.6 Å². The first kappa shape index (κ1) is 16.2. The Labute approximate surface area is 146 Å². The molecule has 1 saturated heterocycles. The number of benzene rings is 2. The first-order chi connectivity index (χ1) is 11.3. The zero-order chi connectivity index (χ0) is 16.1. The van der Waals surface area contributed by atoms with Gasteiger partial charge in [0.2, 0.25) is 0 Å². The number of halogens is 1. The van der Waals surface area contributed by atoms with Crippen LogP contribution in [0.3, 0.4) is 0 Å². The number of piperazine rings is 1. The molecule has 3 nitrogen and oxygen atoms in total. The summed E-state index contributed by atoms with van der Waals surface area (Å²) in [5.74, 6) is 0. The molecule has 1 aliphatic rings. The van der Waals surface area contributed by atoms with Crippen molar-refractivity contribution in [3.8, 4) is 0 Å². The largest absolute Gasteiger partial charge is 0.369 e. The van der Waals surface area contributed by atoms with Gasteiger partial charge in [0.05, 0.1) is 4.83 Å². The smallest absolute Gasteiger partial charge is 0.138 e. The third-order valence-electron chi connectivity index (χ3n) is 4.32. The Morgan fingerprint density at radius 1 is 0.957 bits per heavy atom. The van der Waals surface area contributed by atoms with E-state index in [-0.39, 0.29) is 4.83 Å². The summed E-state index contributed by atoms with van der Waals surface area (Å²) in [5.41, 5.74) is 3.62. The molecule has 0 aromatic heterocycles. The molecule has 0 radical (unpaired) electrons. The summed E-state index contributed by atoms with van der Waals surface area (Å²) in [6.45, 7) is 5.26. The maximum Gasteiger partial charge on any atom is 0.138 e. The Morgan fingerprint density at radius 3 is 2.22 bits per heavy atom. The molecule has 2 aromatic rings. The topological polar surface area (TPSA) is 23.6 Å². The van der Waals surface area contributed by atoms with E-state index in [1.54, 1.807) is 0 Å². The number of hydrogen-bond acceptors (Lipinski definition) is 3. The number of carbonyl (C=O) groups is 1. The lowest BCUT2D eigenvalue weighted by molar-refractivity contribution is -0.107. The van der Waals surface area contributed by atoms with E-state index in [9.17, 15) is 4.79 Å². The van der Waals surface area contributed by atoms with Crippen molar-refractivity contribution in [2.45, 2.75) is 11.4 Å². The van der Waals surface area contributed by atoms with Crippen molar-refractivity contribution in [1.29, 1.82) is 0 Å². The first-order valence-corrected chi connectivity index (χ1v) is 8.88. The molecule has 1 heterocycles. The van der Waals surface area contributed by atoms with Gasteiger partial charge >= 0.3 is 0 Å². The minimum Gasteiger partial charge on any atom is -0.369 e. The maximum absolute atomic E-state index is 10.8. The fourth-order valence-electron chi connectivity index (χ4n) is 2.95. The van der Waals surface area contributed by atoms with Crippen LogP contribution in [-0.2, 0) is 11.3 Å². The number of hydrogen-bond donors (Lipinski definition) is 0. The second-order valence-electron chi connectivity index (χ2n) is 5.88. The van der Waals surface area contributed by atoms with Gasteiger partial charge in [-0.3, -0.25) is 4.90 Å². The first-order valence-electron chi connectivity index (χ1n) is 7.97. The summed E-state index contributed by atoms with van der Waals surface area (Å²) in [4.78, 5) is 15.5. The SMILES string of the molecule is O=CC(Br)c1ccc(N2CCN(Cc3ccccc3)CC2)cc1. The van der Waals surface area contributed by atoms with Crippen LogP contribution in [0.5, 0.6) is 0 Å². The molecule has 1 aliphatic heterocycles. The second-order valence-corrected chi connectivity index (χ2v) is 6.86. The minimum absolute atomic E-state index is 0.209. The Hall–Kier alpha value is -1.65. The molecule has 0 aliphatic carbocycles. The van der Waals surface area contributed by atoms with Gasteiger partial charge in [-0.15, -0.1) is 0 Å². The van der Waals surface area contributed by atoms with Crippen LogP contribution in [0.4, 0.5) is 5.69 Å². The molecular formula is C19H21BrN2O. The van der Waals surface area contributed by atoms with E-state index >= 15 is 0 Å². The minimum atomic E-state index is -0.209. The summed E-state index contributed by atoms with van der Waals surface area (Å²) in [6, 6.07) is 18.9. The highest BCUT2D eigenvalue weighted by Crippen LogP contribution is 2.24. The summed E-state index contributed by atoms with van der Waals surface area (Å²) < 4.78 is 0. The van der Waals surface area contributed by atoms with Crippen molar-refractivity contribution in [3.05, 3.63) is 65.7 Å². The predicted molar refractivity (Wildman–Crippen MR) is 98.1 cm³/mol. The highest BCUT2D eigenvalue weighted by atomic mass is 79.9. The summed E-state index contributed by atoms with van der Waals surface area (Å²) in [6.07, 6.45) is 0.914. The second kappa shape index (κ2) is 7.75. The van der Waals surface area contributed by atoms with E-state index < -0.39 is 0 Å². The lowest BCUT2D eigenvalue weighted by Crippen LogP contribution is -2.45. The molecule has 2 aromatic carbocycles. The molecule has 23 heavy (non-hydrogen) atoms. The average molecular weight is 373 g/mol. The van der Waals surface area contributed by atoms with Crippen LogP contribution in [-0.4, -0.2) is 37.4 Å². The van der Waals surface area contributed by atoms with Crippen molar-refractivity contribution in [2.24, 2.45) is 0 Å². The summed E-state index contributed by atoms with van der Waals surface area (Å²) in [5, 5.41) is 0. The van der Waals surface area contributed by atoms with Gasteiger partial charge in [0.15, 0.2) is 0 Å². The van der Waals surface area contributed by atoms with Crippen LogP contribution in [0.25, 0.3) is 0 Å². The van der Waals surface area contributed by atoms with E-state index in [1.807, 2.05) is 12.1 Å². The Bertz CT molecular complexity index is 622. The zero-order valence-electron chi connectivity index (χ0n) is 13.1. The molecule has 3 rings (SSSR count). The van der Waals surface area contributed by atoms with Gasteiger partial charge in [-0.25, -0.2) is 0 Å². The fourth-order valence-corrected chi connectivity index (χ4v) is 3.26. The van der Waals surface area contributed by atoms with Crippen molar-refractivity contribution in [2.75, 3.05) is 31.1 Å². The van der Waals surface area contributed by atoms with Crippen molar-refractivity contribution < 1.29 is 4.79 Å². The molecule has 1 fully saturated rings. The number of alkyl halides is 1. The Balaban J connectivity index is 1.55. The lowest BCUT2D eigenvalue weighted by Gasteiger charge is -2.36. The molecule has 0 bridgehead atoms. The van der Waals surface area contributed by atoms with Gasteiger partial charge < -0.3 is 9.69 Å². The molecule has 0 N–H and O–H groups in total. The molecule has 0 spiro atoms. The molecular weight excluding hydrogens is 352 g/mol. The van der Waals surface area contributed by atoms with E-state index in [2.05, 4.69) is 68.2 Å². The molecule has 120 valence electrons. The van der Waals surface area contributed by atoms with Gasteiger partial charge in [0.25, 0.3) is 0 Å². The van der Waals surface area contributed by atoms with E-state index in [4.69, 9.17) is 0 Å². The third-order valence-corrected chi connectivity index (χ3v) is 5.06. The molecule has 4 heteroatoms. The molecule has 0 saturated carbocycles. The maximum atomic E-state index is 10.8. The number of aldehydes is 1. The number of anilines is 1. The lowest BCUT2D eigenvalue weighted by atomic mass is 10.1. The highest BCUT2D eigenvalue weighted by molar-refractivity contribution is 9.09. The fraction of sp³-hybridized carbons (Fsp3) is 0.316. The van der Waals surface area contributed by atoms with Crippen LogP contribution >= 0.6 is 15.9 Å². The van der Waals surface area contributed by atoms with Crippen LogP contribution in [0.2, 0.25) is 0 Å². The highest BCUT2D eigenvalue weighted by Gasteiger charge is 2.17. The van der Waals surface area contributed by atoms with Gasteiger partial charge in [-0.1, -0.05) is 58.4 Å². The van der Waals surface area contributed by atoms with Crippen molar-refractivity contribution in [3.63, 3.8) is 0 Å². The normalized spacial score (nSPS) is 17.0. The van der Waals surface area contributed by atoms with Crippen molar-refractivity contribution in [1.82, 2.24) is 4.90 Å². The average Bonchev–Trinajstić information content (AvgIpc) is 2.63. The number of rotatable bonds is 5. The predicted octanol–water partition coefficient (Wildman–Crippen LogP) is 3.64. The van der Waals surface area contributed by atoms with Crippen LogP contribution in [0.1, 0.15) is 16.0 Å².